The Labute approximate surface area is 103 Å². The molecule has 3 nitrogen and oxygen atoms in total. The van der Waals surface area contributed by atoms with E-state index in [0.717, 1.165) is 25.3 Å². The Balaban J connectivity index is 2.01. The topological polar surface area (TPSA) is 32.7 Å². The lowest BCUT2D eigenvalue weighted by molar-refractivity contribution is 0.204. The van der Waals surface area contributed by atoms with E-state index in [2.05, 4.69) is 24.0 Å². The van der Waals surface area contributed by atoms with Gasteiger partial charge in [-0.15, -0.1) is 0 Å². The van der Waals surface area contributed by atoms with Crippen LogP contribution in [0.5, 0.6) is 5.75 Å². The molecule has 1 aliphatic rings. The smallest absolute Gasteiger partial charge is 0.118 e. The van der Waals surface area contributed by atoms with E-state index < -0.39 is 0 Å². The van der Waals surface area contributed by atoms with Crippen LogP contribution in [-0.2, 0) is 0 Å². The van der Waals surface area contributed by atoms with Crippen LogP contribution in [0.25, 0.3) is 0 Å². The Morgan fingerprint density at radius 3 is 2.65 bits per heavy atom. The van der Waals surface area contributed by atoms with Crippen LogP contribution in [-0.4, -0.2) is 36.8 Å². The second-order valence-corrected chi connectivity index (χ2v) is 4.78. The third-order valence-corrected chi connectivity index (χ3v) is 3.72. The van der Waals surface area contributed by atoms with Gasteiger partial charge in [0, 0.05) is 19.2 Å². The molecule has 1 aromatic rings. The van der Waals surface area contributed by atoms with Crippen molar-refractivity contribution in [2.24, 2.45) is 5.92 Å². The zero-order valence-corrected chi connectivity index (χ0v) is 10.6. The number of benzene rings is 1. The molecule has 1 heterocycles. The molecule has 0 aromatic heterocycles. The second-order valence-electron chi connectivity index (χ2n) is 4.78. The van der Waals surface area contributed by atoms with Gasteiger partial charge in [0.2, 0.25) is 0 Å². The first-order valence-corrected chi connectivity index (χ1v) is 6.23. The van der Waals surface area contributed by atoms with Crippen molar-refractivity contribution in [3.05, 3.63) is 29.8 Å². The molecule has 1 fully saturated rings. The van der Waals surface area contributed by atoms with Gasteiger partial charge >= 0.3 is 0 Å². The highest BCUT2D eigenvalue weighted by atomic mass is 16.5. The van der Waals surface area contributed by atoms with Crippen LogP contribution in [0.2, 0.25) is 0 Å². The quantitative estimate of drug-likeness (QED) is 0.867. The number of likely N-dealkylation sites (tertiary alicyclic amines) is 1. The highest BCUT2D eigenvalue weighted by molar-refractivity contribution is 5.29. The molecule has 0 spiro atoms. The molecule has 1 N–H and O–H groups in total. The molecule has 1 aromatic carbocycles. The molecule has 3 heteroatoms. The number of hydrogen-bond acceptors (Lipinski definition) is 3. The summed E-state index contributed by atoms with van der Waals surface area (Å²) in [4.78, 5) is 2.43. The number of aliphatic hydroxyl groups is 1. The molecule has 0 saturated carbocycles. The van der Waals surface area contributed by atoms with Crippen molar-refractivity contribution < 1.29 is 9.84 Å². The lowest BCUT2D eigenvalue weighted by Crippen LogP contribution is -2.25. The van der Waals surface area contributed by atoms with E-state index in [9.17, 15) is 0 Å². The molecule has 1 aliphatic heterocycles. The van der Waals surface area contributed by atoms with Gasteiger partial charge in [-0.2, -0.15) is 0 Å². The van der Waals surface area contributed by atoms with E-state index in [4.69, 9.17) is 9.84 Å². The molecule has 0 unspecified atom stereocenters. The minimum absolute atomic E-state index is 0.311. The summed E-state index contributed by atoms with van der Waals surface area (Å²) < 4.78 is 5.16. The van der Waals surface area contributed by atoms with Gasteiger partial charge in [-0.05, 0) is 43.5 Å². The number of hydrogen-bond donors (Lipinski definition) is 1. The fraction of sp³-hybridized carbons (Fsp3) is 0.571. The summed E-state index contributed by atoms with van der Waals surface area (Å²) in [5.74, 6) is 1.35. The van der Waals surface area contributed by atoms with Crippen LogP contribution in [0, 0.1) is 5.92 Å². The Hall–Kier alpha value is -1.06. The van der Waals surface area contributed by atoms with Gasteiger partial charge in [-0.25, -0.2) is 0 Å². The van der Waals surface area contributed by atoms with E-state index in [1.165, 1.54) is 5.56 Å². The predicted molar refractivity (Wildman–Crippen MR) is 68.2 cm³/mol. The van der Waals surface area contributed by atoms with Crippen LogP contribution >= 0.6 is 0 Å². The Morgan fingerprint density at radius 2 is 2.12 bits per heavy atom. The molecule has 2 rings (SSSR count). The van der Waals surface area contributed by atoms with Crippen molar-refractivity contribution in [1.29, 1.82) is 0 Å². The Kier molecular flexibility index (Phi) is 4.02. The fourth-order valence-electron chi connectivity index (χ4n) is 2.46. The first-order chi connectivity index (χ1) is 8.24. The second kappa shape index (κ2) is 5.52. The summed E-state index contributed by atoms with van der Waals surface area (Å²) >= 11 is 0. The molecular formula is C14H21NO2. The zero-order chi connectivity index (χ0) is 12.3. The minimum Gasteiger partial charge on any atom is -0.497 e. The summed E-state index contributed by atoms with van der Waals surface area (Å²) in [5, 5.41) is 9.16. The molecule has 1 saturated heterocycles. The van der Waals surface area contributed by atoms with Gasteiger partial charge in [-0.1, -0.05) is 12.1 Å². The first-order valence-electron chi connectivity index (χ1n) is 6.23. The first kappa shape index (κ1) is 12.4. The van der Waals surface area contributed by atoms with Crippen molar-refractivity contribution in [3.8, 4) is 5.75 Å². The maximum Gasteiger partial charge on any atom is 0.118 e. The SMILES string of the molecule is COc1ccc([C@@H](C)N2CC[C@@H](CO)C2)cc1. The minimum atomic E-state index is 0.311. The van der Waals surface area contributed by atoms with Crippen LogP contribution in [0.15, 0.2) is 24.3 Å². The van der Waals surface area contributed by atoms with Crippen molar-refractivity contribution in [2.45, 2.75) is 19.4 Å². The fourth-order valence-corrected chi connectivity index (χ4v) is 2.46. The van der Waals surface area contributed by atoms with Crippen LogP contribution in [0.1, 0.15) is 24.9 Å². The summed E-state index contributed by atoms with van der Waals surface area (Å²) in [7, 11) is 1.69. The highest BCUT2D eigenvalue weighted by Gasteiger charge is 2.26. The molecule has 0 aliphatic carbocycles. The largest absolute Gasteiger partial charge is 0.497 e. The third kappa shape index (κ3) is 2.79. The molecule has 94 valence electrons. The number of aliphatic hydroxyl groups excluding tert-OH is 1. The van der Waals surface area contributed by atoms with Crippen LogP contribution < -0.4 is 4.74 Å². The van der Waals surface area contributed by atoms with Gasteiger partial charge in [-0.3, -0.25) is 4.90 Å². The summed E-state index contributed by atoms with van der Waals surface area (Å²) in [6.07, 6.45) is 1.11. The van der Waals surface area contributed by atoms with Crippen LogP contribution in [0.3, 0.4) is 0 Å². The number of ether oxygens (including phenoxy) is 1. The van der Waals surface area contributed by atoms with E-state index in [-0.39, 0.29) is 0 Å². The van der Waals surface area contributed by atoms with Crippen LogP contribution in [0.4, 0.5) is 0 Å². The summed E-state index contributed by atoms with van der Waals surface area (Å²) in [6.45, 7) is 4.62. The normalized spacial score (nSPS) is 22.6. The maximum atomic E-state index is 9.16. The van der Waals surface area contributed by atoms with Crippen molar-refractivity contribution in [3.63, 3.8) is 0 Å². The van der Waals surface area contributed by atoms with E-state index in [1.54, 1.807) is 7.11 Å². The summed E-state index contributed by atoms with van der Waals surface area (Å²) in [5.41, 5.74) is 1.31. The van der Waals surface area contributed by atoms with Gasteiger partial charge in [0.15, 0.2) is 0 Å². The molecule has 2 atom stereocenters. The van der Waals surface area contributed by atoms with Gasteiger partial charge in [0.1, 0.15) is 5.75 Å². The standard InChI is InChI=1S/C14H21NO2/c1-11(15-8-7-12(9-15)10-16)13-3-5-14(17-2)6-4-13/h3-6,11-12,16H,7-10H2,1-2H3/t11-,12-/m1/s1. The van der Waals surface area contributed by atoms with Gasteiger partial charge < -0.3 is 9.84 Å². The average molecular weight is 235 g/mol. The summed E-state index contributed by atoms with van der Waals surface area (Å²) in [6, 6.07) is 8.67. The lowest BCUT2D eigenvalue weighted by Gasteiger charge is -2.24. The Bertz CT molecular complexity index is 350. The monoisotopic (exact) mass is 235 g/mol. The number of nitrogens with zero attached hydrogens (tertiary/aromatic N) is 1. The molecule has 0 bridgehead atoms. The number of rotatable bonds is 4. The van der Waals surface area contributed by atoms with Gasteiger partial charge in [0.25, 0.3) is 0 Å². The van der Waals surface area contributed by atoms with E-state index in [0.29, 0.717) is 18.6 Å². The number of methoxy groups -OCH3 is 1. The van der Waals surface area contributed by atoms with Gasteiger partial charge in [0.05, 0.1) is 7.11 Å². The lowest BCUT2D eigenvalue weighted by atomic mass is 10.1. The average Bonchev–Trinajstić information content (AvgIpc) is 2.87. The third-order valence-electron chi connectivity index (χ3n) is 3.72. The molecule has 17 heavy (non-hydrogen) atoms. The van der Waals surface area contributed by atoms with E-state index in [1.807, 2.05) is 12.1 Å². The Morgan fingerprint density at radius 1 is 1.41 bits per heavy atom. The maximum absolute atomic E-state index is 9.16. The van der Waals surface area contributed by atoms with Crippen molar-refractivity contribution in [2.75, 3.05) is 26.8 Å². The highest BCUT2D eigenvalue weighted by Crippen LogP contribution is 2.28. The molecule has 0 radical (unpaired) electrons. The predicted octanol–water partition coefficient (Wildman–Crippen LogP) is 2.07. The molecular weight excluding hydrogens is 214 g/mol. The molecule has 0 amide bonds. The van der Waals surface area contributed by atoms with Crippen molar-refractivity contribution >= 4 is 0 Å². The zero-order valence-electron chi connectivity index (χ0n) is 10.6. The van der Waals surface area contributed by atoms with E-state index >= 15 is 0 Å². The van der Waals surface area contributed by atoms with Crippen molar-refractivity contribution in [1.82, 2.24) is 4.90 Å².